The molecule has 2 aromatic carbocycles. The van der Waals surface area contributed by atoms with Gasteiger partial charge in [0.1, 0.15) is 17.3 Å². The zero-order chi connectivity index (χ0) is 17.1. The molecule has 1 heterocycles. The summed E-state index contributed by atoms with van der Waals surface area (Å²) in [5.74, 6) is 1.88. The van der Waals surface area contributed by atoms with Crippen LogP contribution >= 0.6 is 0 Å². The predicted octanol–water partition coefficient (Wildman–Crippen LogP) is 3.68. The van der Waals surface area contributed by atoms with Gasteiger partial charge in [-0.25, -0.2) is 0 Å². The van der Waals surface area contributed by atoms with Crippen LogP contribution in [0.2, 0.25) is 0 Å². The van der Waals surface area contributed by atoms with Crippen LogP contribution in [0.4, 0.5) is 0 Å². The van der Waals surface area contributed by atoms with Crippen LogP contribution in [0.25, 0.3) is 0 Å². The van der Waals surface area contributed by atoms with Crippen molar-refractivity contribution in [3.63, 3.8) is 0 Å². The van der Waals surface area contributed by atoms with Gasteiger partial charge in [0.05, 0.1) is 14.2 Å². The van der Waals surface area contributed by atoms with E-state index < -0.39 is 0 Å². The van der Waals surface area contributed by atoms with Crippen molar-refractivity contribution in [3.05, 3.63) is 59.7 Å². The summed E-state index contributed by atoms with van der Waals surface area (Å²) in [6, 6.07) is 15.8. The van der Waals surface area contributed by atoms with Gasteiger partial charge < -0.3 is 14.8 Å². The molecule has 0 saturated carbocycles. The Morgan fingerprint density at radius 1 is 0.875 bits per heavy atom. The quantitative estimate of drug-likeness (QED) is 0.931. The normalized spacial score (nSPS) is 23.8. The first-order valence-electron chi connectivity index (χ1n) is 8.19. The molecule has 1 saturated heterocycles. The average molecular weight is 325 g/mol. The number of piperidine rings is 1. The molecule has 3 atom stereocenters. The Kier molecular flexibility index (Phi) is 4.86. The van der Waals surface area contributed by atoms with E-state index in [4.69, 9.17) is 9.47 Å². The van der Waals surface area contributed by atoms with Gasteiger partial charge in [-0.05, 0) is 35.4 Å². The van der Waals surface area contributed by atoms with Gasteiger partial charge in [-0.2, -0.15) is 0 Å². The van der Waals surface area contributed by atoms with E-state index in [2.05, 4.69) is 5.32 Å². The number of Topliss-reactive ketones (excluding diaryl/α,β-unsaturated/α-hetero) is 1. The van der Waals surface area contributed by atoms with E-state index in [-0.39, 0.29) is 23.8 Å². The van der Waals surface area contributed by atoms with Crippen LogP contribution in [0, 0.1) is 5.92 Å². The molecular weight excluding hydrogens is 302 g/mol. The van der Waals surface area contributed by atoms with Crippen LogP contribution in [0.5, 0.6) is 11.5 Å². The monoisotopic (exact) mass is 325 g/mol. The first-order valence-corrected chi connectivity index (χ1v) is 8.19. The van der Waals surface area contributed by atoms with Crippen molar-refractivity contribution in [2.75, 3.05) is 14.2 Å². The molecule has 0 aromatic heterocycles. The zero-order valence-corrected chi connectivity index (χ0v) is 14.3. The van der Waals surface area contributed by atoms with Gasteiger partial charge in [-0.3, -0.25) is 4.79 Å². The van der Waals surface area contributed by atoms with Crippen molar-refractivity contribution >= 4 is 5.78 Å². The van der Waals surface area contributed by atoms with E-state index in [1.807, 2.05) is 55.5 Å². The van der Waals surface area contributed by atoms with Crippen molar-refractivity contribution in [3.8, 4) is 11.5 Å². The molecule has 4 heteroatoms. The summed E-state index contributed by atoms with van der Waals surface area (Å²) in [6.45, 7) is 1.99. The van der Waals surface area contributed by atoms with E-state index in [9.17, 15) is 4.79 Å². The summed E-state index contributed by atoms with van der Waals surface area (Å²) < 4.78 is 10.4. The number of nitrogens with one attached hydrogen (secondary N) is 1. The third-order valence-corrected chi connectivity index (χ3v) is 4.79. The summed E-state index contributed by atoms with van der Waals surface area (Å²) in [5, 5.41) is 3.64. The van der Waals surface area contributed by atoms with E-state index in [0.29, 0.717) is 6.42 Å². The Labute approximate surface area is 142 Å². The van der Waals surface area contributed by atoms with Crippen LogP contribution in [0.15, 0.2) is 48.5 Å². The summed E-state index contributed by atoms with van der Waals surface area (Å²) in [5.41, 5.74) is 2.21. The highest BCUT2D eigenvalue weighted by atomic mass is 16.5. The number of hydrogen-bond donors (Lipinski definition) is 1. The number of rotatable bonds is 4. The van der Waals surface area contributed by atoms with Crippen LogP contribution < -0.4 is 14.8 Å². The lowest BCUT2D eigenvalue weighted by Gasteiger charge is -2.35. The Morgan fingerprint density at radius 2 is 1.38 bits per heavy atom. The Morgan fingerprint density at radius 3 is 1.88 bits per heavy atom. The molecule has 0 amide bonds. The van der Waals surface area contributed by atoms with Crippen molar-refractivity contribution in [1.82, 2.24) is 5.32 Å². The minimum absolute atomic E-state index is 0.00394. The topological polar surface area (TPSA) is 47.6 Å². The SMILES string of the molecule is COc1ccc([C@@H]2CC(=O)[C@@H](C)[C@H](c3ccc(OC)cc3)N2)cc1. The van der Waals surface area contributed by atoms with Gasteiger partial charge in [0.25, 0.3) is 0 Å². The number of benzene rings is 2. The first-order chi connectivity index (χ1) is 11.6. The van der Waals surface area contributed by atoms with Gasteiger partial charge in [0, 0.05) is 24.4 Å². The summed E-state index contributed by atoms with van der Waals surface area (Å²) >= 11 is 0. The van der Waals surface area contributed by atoms with Crippen LogP contribution in [-0.4, -0.2) is 20.0 Å². The highest BCUT2D eigenvalue weighted by molar-refractivity contribution is 5.83. The third kappa shape index (κ3) is 3.29. The second kappa shape index (κ2) is 7.05. The molecule has 24 heavy (non-hydrogen) atoms. The summed E-state index contributed by atoms with van der Waals surface area (Å²) in [7, 11) is 3.30. The Balaban J connectivity index is 1.84. The zero-order valence-electron chi connectivity index (χ0n) is 14.3. The highest BCUT2D eigenvalue weighted by Gasteiger charge is 2.34. The van der Waals surface area contributed by atoms with E-state index >= 15 is 0 Å². The fourth-order valence-electron chi connectivity index (χ4n) is 3.24. The van der Waals surface area contributed by atoms with E-state index in [1.165, 1.54) is 0 Å². The highest BCUT2D eigenvalue weighted by Crippen LogP contribution is 2.35. The maximum atomic E-state index is 12.5. The van der Waals surface area contributed by atoms with Crippen molar-refractivity contribution in [2.24, 2.45) is 5.92 Å². The third-order valence-electron chi connectivity index (χ3n) is 4.79. The average Bonchev–Trinajstić information content (AvgIpc) is 2.64. The van der Waals surface area contributed by atoms with Gasteiger partial charge in [0.15, 0.2) is 0 Å². The van der Waals surface area contributed by atoms with Crippen LogP contribution in [0.1, 0.15) is 36.6 Å². The molecule has 4 nitrogen and oxygen atoms in total. The first kappa shape index (κ1) is 16.5. The molecule has 126 valence electrons. The van der Waals surface area contributed by atoms with Crippen LogP contribution in [0.3, 0.4) is 0 Å². The number of ether oxygens (including phenoxy) is 2. The molecule has 1 aliphatic heterocycles. The second-order valence-corrected chi connectivity index (χ2v) is 6.20. The number of carbonyl (C=O) groups is 1. The largest absolute Gasteiger partial charge is 0.497 e. The van der Waals surface area contributed by atoms with Crippen molar-refractivity contribution in [2.45, 2.75) is 25.4 Å². The minimum Gasteiger partial charge on any atom is -0.497 e. The fraction of sp³-hybridized carbons (Fsp3) is 0.350. The maximum Gasteiger partial charge on any atom is 0.139 e. The van der Waals surface area contributed by atoms with E-state index in [1.54, 1.807) is 14.2 Å². The standard InChI is InChI=1S/C20H23NO3/c1-13-19(22)12-18(14-4-8-16(23-2)9-5-14)21-20(13)15-6-10-17(24-3)11-7-15/h4-11,13,18,20-21H,12H2,1-3H3/t13-,18+,20-/m1/s1. The van der Waals surface area contributed by atoms with E-state index in [0.717, 1.165) is 22.6 Å². The molecule has 1 N–H and O–H groups in total. The molecule has 0 spiro atoms. The smallest absolute Gasteiger partial charge is 0.139 e. The number of methoxy groups -OCH3 is 2. The molecule has 2 aromatic rings. The lowest BCUT2D eigenvalue weighted by atomic mass is 9.82. The van der Waals surface area contributed by atoms with Gasteiger partial charge in [-0.1, -0.05) is 31.2 Å². The number of ketones is 1. The molecule has 0 bridgehead atoms. The summed E-state index contributed by atoms with van der Waals surface area (Å²) in [6.07, 6.45) is 0.514. The molecule has 0 unspecified atom stereocenters. The fourth-order valence-corrected chi connectivity index (χ4v) is 3.24. The molecule has 1 aliphatic rings. The predicted molar refractivity (Wildman–Crippen MR) is 93.4 cm³/mol. The Hall–Kier alpha value is -2.33. The molecule has 0 aliphatic carbocycles. The molecule has 3 rings (SSSR count). The van der Waals surface area contributed by atoms with Gasteiger partial charge >= 0.3 is 0 Å². The lowest BCUT2D eigenvalue weighted by molar-refractivity contribution is -0.126. The van der Waals surface area contributed by atoms with Gasteiger partial charge in [0.2, 0.25) is 0 Å². The molecule has 1 fully saturated rings. The van der Waals surface area contributed by atoms with Gasteiger partial charge in [-0.15, -0.1) is 0 Å². The summed E-state index contributed by atoms with van der Waals surface area (Å²) in [4.78, 5) is 12.5. The maximum absolute atomic E-state index is 12.5. The van der Waals surface area contributed by atoms with Crippen LogP contribution in [-0.2, 0) is 4.79 Å². The minimum atomic E-state index is -0.0482. The van der Waals surface area contributed by atoms with Crippen molar-refractivity contribution in [1.29, 1.82) is 0 Å². The second-order valence-electron chi connectivity index (χ2n) is 6.20. The lowest BCUT2D eigenvalue weighted by Crippen LogP contribution is -2.41. The molecular formula is C20H23NO3. The number of carbonyl (C=O) groups excluding carboxylic acids is 1. The Bertz CT molecular complexity index is 694. The molecule has 0 radical (unpaired) electrons. The number of hydrogen-bond acceptors (Lipinski definition) is 4. The van der Waals surface area contributed by atoms with Crippen molar-refractivity contribution < 1.29 is 14.3 Å².